The third kappa shape index (κ3) is 5.85. The summed E-state index contributed by atoms with van der Waals surface area (Å²) in [6, 6.07) is 0. The van der Waals surface area contributed by atoms with E-state index in [4.69, 9.17) is 0 Å². The van der Waals surface area contributed by atoms with E-state index >= 15 is 0 Å². The third-order valence-corrected chi connectivity index (χ3v) is 5.75. The van der Waals surface area contributed by atoms with Crippen molar-refractivity contribution in [1.82, 2.24) is 0 Å². The molecule has 0 aromatic heterocycles. The minimum Gasteiger partial charge on any atom is -0.291 e. The summed E-state index contributed by atoms with van der Waals surface area (Å²) in [5, 5.41) is 0. The van der Waals surface area contributed by atoms with Gasteiger partial charge in [-0.2, -0.15) is 0 Å². The van der Waals surface area contributed by atoms with Gasteiger partial charge >= 0.3 is 0 Å². The Morgan fingerprint density at radius 1 is 0.545 bits per heavy atom. The molecule has 0 heterocycles. The van der Waals surface area contributed by atoms with Gasteiger partial charge in [-0.3, -0.25) is 9.59 Å². The molecule has 0 spiro atoms. The molecule has 0 aromatic carbocycles. The van der Waals surface area contributed by atoms with E-state index in [1.807, 2.05) is 0 Å². The van der Waals surface area contributed by atoms with Gasteiger partial charge in [0.05, 0.1) is 0 Å². The van der Waals surface area contributed by atoms with Crippen molar-refractivity contribution in [2.75, 3.05) is 0 Å². The van der Waals surface area contributed by atoms with E-state index in [0.717, 1.165) is 25.7 Å². The van der Waals surface area contributed by atoms with Gasteiger partial charge in [0.1, 0.15) is 0 Å². The Morgan fingerprint density at radius 2 is 1.00 bits per heavy atom. The molecule has 2 heteroatoms. The molecule has 2 aliphatic carbocycles. The fourth-order valence-corrected chi connectivity index (χ4v) is 4.33. The van der Waals surface area contributed by atoms with Crippen molar-refractivity contribution in [3.8, 4) is 0 Å². The zero-order valence-corrected chi connectivity index (χ0v) is 14.3. The summed E-state index contributed by atoms with van der Waals surface area (Å²) in [6.07, 6.45) is 18.7. The lowest BCUT2D eigenvalue weighted by Gasteiger charge is -2.27. The Balaban J connectivity index is 2.00. The lowest BCUT2D eigenvalue weighted by molar-refractivity contribution is -0.140. The first-order valence-electron chi connectivity index (χ1n) is 9.86. The van der Waals surface area contributed by atoms with Crippen LogP contribution in [0.5, 0.6) is 0 Å². The Labute approximate surface area is 136 Å². The van der Waals surface area contributed by atoms with Crippen LogP contribution < -0.4 is 0 Å². The van der Waals surface area contributed by atoms with Crippen molar-refractivity contribution in [3.63, 3.8) is 0 Å². The molecule has 1 atom stereocenters. The van der Waals surface area contributed by atoms with Crippen molar-refractivity contribution in [3.05, 3.63) is 0 Å². The molecule has 2 aliphatic rings. The highest BCUT2D eigenvalue weighted by Crippen LogP contribution is 2.32. The maximum Gasteiger partial charge on any atom is 0.201 e. The fourth-order valence-electron chi connectivity index (χ4n) is 4.33. The molecule has 22 heavy (non-hydrogen) atoms. The van der Waals surface area contributed by atoms with Crippen LogP contribution in [0.4, 0.5) is 0 Å². The van der Waals surface area contributed by atoms with Crippen LogP contribution in [0.3, 0.4) is 0 Å². The predicted molar refractivity (Wildman–Crippen MR) is 90.9 cm³/mol. The molecule has 0 N–H and O–H groups in total. The van der Waals surface area contributed by atoms with Gasteiger partial charge in [-0.05, 0) is 31.6 Å². The first-order valence-corrected chi connectivity index (χ1v) is 9.86. The fraction of sp³-hybridized carbons (Fsp3) is 0.900. The number of ketones is 2. The van der Waals surface area contributed by atoms with Gasteiger partial charge in [-0.15, -0.1) is 0 Å². The van der Waals surface area contributed by atoms with Crippen molar-refractivity contribution < 1.29 is 9.59 Å². The summed E-state index contributed by atoms with van der Waals surface area (Å²) in [5.41, 5.74) is 0. The summed E-state index contributed by atoms with van der Waals surface area (Å²) in [5.74, 6) is 0.451. The van der Waals surface area contributed by atoms with E-state index in [1.54, 1.807) is 0 Å². The number of rotatable bonds is 1. The summed E-state index contributed by atoms with van der Waals surface area (Å²) < 4.78 is 0. The van der Waals surface area contributed by atoms with Gasteiger partial charge in [0.2, 0.25) is 5.78 Å². The van der Waals surface area contributed by atoms with E-state index in [9.17, 15) is 9.59 Å². The van der Waals surface area contributed by atoms with Crippen LogP contribution in [-0.2, 0) is 9.59 Å². The highest BCUT2D eigenvalue weighted by atomic mass is 16.2. The molecular formula is C20H34O2. The monoisotopic (exact) mass is 306 g/mol. The molecule has 0 aliphatic heterocycles. The lowest BCUT2D eigenvalue weighted by Crippen LogP contribution is -2.30. The van der Waals surface area contributed by atoms with Gasteiger partial charge in [-0.25, -0.2) is 0 Å². The van der Waals surface area contributed by atoms with Crippen molar-refractivity contribution in [2.45, 2.75) is 103 Å². The van der Waals surface area contributed by atoms with Crippen LogP contribution in [0.15, 0.2) is 0 Å². The number of hydrogen-bond acceptors (Lipinski definition) is 2. The van der Waals surface area contributed by atoms with Gasteiger partial charge in [0.15, 0.2) is 5.78 Å². The minimum atomic E-state index is -0.0657. The van der Waals surface area contributed by atoms with Crippen molar-refractivity contribution in [1.29, 1.82) is 0 Å². The van der Waals surface area contributed by atoms with Gasteiger partial charge in [0.25, 0.3) is 0 Å². The maximum absolute atomic E-state index is 12.7. The van der Waals surface area contributed by atoms with Crippen LogP contribution in [0.1, 0.15) is 103 Å². The van der Waals surface area contributed by atoms with E-state index in [2.05, 4.69) is 0 Å². The zero-order valence-electron chi connectivity index (χ0n) is 14.3. The highest BCUT2D eigenvalue weighted by molar-refractivity contribution is 6.38. The quantitative estimate of drug-likeness (QED) is 0.589. The molecule has 2 nitrogen and oxygen atoms in total. The molecule has 2 saturated carbocycles. The first kappa shape index (κ1) is 17.7. The number of carbonyl (C=O) groups is 2. The van der Waals surface area contributed by atoms with Crippen LogP contribution in [0.25, 0.3) is 0 Å². The van der Waals surface area contributed by atoms with E-state index in [1.165, 1.54) is 70.6 Å². The van der Waals surface area contributed by atoms with Gasteiger partial charge in [0, 0.05) is 12.3 Å². The van der Waals surface area contributed by atoms with Crippen molar-refractivity contribution in [2.24, 2.45) is 11.8 Å². The standard InChI is InChI=1S/C20H34O2/c21-19-16-12-8-4-7-11-15-18(20(19)22)17-13-9-5-2-1-3-6-10-14-17/h17-18H,1-16H2. The largest absolute Gasteiger partial charge is 0.291 e. The third-order valence-electron chi connectivity index (χ3n) is 5.75. The van der Waals surface area contributed by atoms with Gasteiger partial charge < -0.3 is 0 Å². The smallest absolute Gasteiger partial charge is 0.201 e. The second-order valence-corrected chi connectivity index (χ2v) is 7.51. The average molecular weight is 306 g/mol. The molecule has 0 saturated heterocycles. The molecular weight excluding hydrogens is 272 g/mol. The summed E-state index contributed by atoms with van der Waals surface area (Å²) in [6.45, 7) is 0. The van der Waals surface area contributed by atoms with Crippen LogP contribution >= 0.6 is 0 Å². The Bertz CT molecular complexity index is 338. The highest BCUT2D eigenvalue weighted by Gasteiger charge is 2.31. The molecule has 2 rings (SSSR count). The molecule has 0 aromatic rings. The van der Waals surface area contributed by atoms with E-state index in [-0.39, 0.29) is 17.5 Å². The van der Waals surface area contributed by atoms with Crippen LogP contribution in [-0.4, -0.2) is 11.6 Å². The topological polar surface area (TPSA) is 34.1 Å². The second-order valence-electron chi connectivity index (χ2n) is 7.51. The Kier molecular flexibility index (Phi) is 8.18. The van der Waals surface area contributed by atoms with Crippen molar-refractivity contribution >= 4 is 11.6 Å². The second kappa shape index (κ2) is 10.2. The Morgan fingerprint density at radius 3 is 1.59 bits per heavy atom. The van der Waals surface area contributed by atoms with Gasteiger partial charge in [-0.1, -0.05) is 70.6 Å². The normalized spacial score (nSPS) is 28.3. The molecule has 126 valence electrons. The molecule has 0 bridgehead atoms. The molecule has 0 amide bonds. The molecule has 1 unspecified atom stereocenters. The van der Waals surface area contributed by atoms with E-state index in [0.29, 0.717) is 12.3 Å². The minimum absolute atomic E-state index is 0.0102. The molecule has 2 fully saturated rings. The van der Waals surface area contributed by atoms with Crippen LogP contribution in [0, 0.1) is 11.8 Å². The first-order chi connectivity index (χ1) is 10.8. The number of carbonyl (C=O) groups excluding carboxylic acids is 2. The average Bonchev–Trinajstić information content (AvgIpc) is 2.54. The number of hydrogen-bond donors (Lipinski definition) is 0. The predicted octanol–water partition coefficient (Wildman–Crippen LogP) is 5.63. The molecule has 0 radical (unpaired) electrons. The summed E-state index contributed by atoms with van der Waals surface area (Å²) in [7, 11) is 0. The SMILES string of the molecule is O=C1CCCCCCCC(C2CCCCCCCCC2)C1=O. The maximum atomic E-state index is 12.7. The number of Topliss-reactive ketones (excluding diaryl/α,β-unsaturated/α-hetero) is 2. The lowest BCUT2D eigenvalue weighted by atomic mass is 9.76. The zero-order chi connectivity index (χ0) is 15.6. The van der Waals surface area contributed by atoms with Crippen LogP contribution in [0.2, 0.25) is 0 Å². The van der Waals surface area contributed by atoms with E-state index < -0.39 is 0 Å². The Hall–Kier alpha value is -0.660. The summed E-state index contributed by atoms with van der Waals surface area (Å²) in [4.78, 5) is 24.9. The summed E-state index contributed by atoms with van der Waals surface area (Å²) >= 11 is 0.